The van der Waals surface area contributed by atoms with Gasteiger partial charge < -0.3 is 19.9 Å². The summed E-state index contributed by atoms with van der Waals surface area (Å²) >= 11 is 0. The van der Waals surface area contributed by atoms with E-state index in [4.69, 9.17) is 4.98 Å². The van der Waals surface area contributed by atoms with Gasteiger partial charge in [-0.15, -0.1) is 15.3 Å². The largest absolute Gasteiger partial charge is 0.491 e. The van der Waals surface area contributed by atoms with Crippen molar-refractivity contribution in [1.29, 1.82) is 0 Å². The van der Waals surface area contributed by atoms with Crippen molar-refractivity contribution in [1.82, 2.24) is 45.3 Å². The zero-order valence-corrected chi connectivity index (χ0v) is 23.0. The van der Waals surface area contributed by atoms with Crippen LogP contribution in [0.3, 0.4) is 0 Å². The smallest absolute Gasteiger partial charge is 0.257 e. The first-order valence-electron chi connectivity index (χ1n) is 13.0. The quantitative estimate of drug-likeness (QED) is 0.261. The number of imidazole rings is 1. The van der Waals surface area contributed by atoms with Crippen molar-refractivity contribution in [3.05, 3.63) is 59.9 Å². The van der Waals surface area contributed by atoms with Gasteiger partial charge in [-0.2, -0.15) is 0 Å². The molecule has 202 valence electrons. The summed E-state index contributed by atoms with van der Waals surface area (Å²) in [5.41, 5.74) is 5.31. The third-order valence-corrected chi connectivity index (χ3v) is 6.40. The lowest BCUT2D eigenvalue weighted by molar-refractivity contribution is 0.393. The standard InChI is InChI=1S/C28H34N10O/c1-28(2,3)16-22-30-23-24(27(39)34-31-26(23)29-14-15-37(4)5)38(22)17-18-10-12-19(13-11-18)20-8-6-7-9-21(20)25-32-35-36-33-25/h6-13H,14-17H2,1-5H3,(H,29,31)(H,34,39)(H,32,33,35,36). The van der Waals surface area contributed by atoms with E-state index in [-0.39, 0.29) is 11.3 Å². The van der Waals surface area contributed by atoms with Gasteiger partial charge in [0, 0.05) is 31.6 Å². The summed E-state index contributed by atoms with van der Waals surface area (Å²) in [6.45, 7) is 8.60. The molecule has 3 N–H and O–H groups in total. The molecule has 11 nitrogen and oxygen atoms in total. The summed E-state index contributed by atoms with van der Waals surface area (Å²) in [6, 6.07) is 16.4. The van der Waals surface area contributed by atoms with Gasteiger partial charge in [0.15, 0.2) is 11.6 Å². The van der Waals surface area contributed by atoms with Crippen LogP contribution >= 0.6 is 0 Å². The van der Waals surface area contributed by atoms with Crippen molar-refractivity contribution < 1.29 is 5.11 Å². The molecule has 5 aromatic rings. The van der Waals surface area contributed by atoms with Crippen LogP contribution in [0.1, 0.15) is 32.2 Å². The number of aromatic nitrogens is 8. The number of nitrogens with one attached hydrogen (secondary N) is 2. The number of likely N-dealkylation sites (N-methyl/N-ethyl adjacent to an activating group) is 1. The number of anilines is 1. The van der Waals surface area contributed by atoms with Crippen LogP contribution in [0.5, 0.6) is 5.88 Å². The van der Waals surface area contributed by atoms with Crippen LogP contribution in [-0.4, -0.2) is 77.6 Å². The molecule has 0 fully saturated rings. The van der Waals surface area contributed by atoms with Gasteiger partial charge in [-0.05, 0) is 46.6 Å². The highest BCUT2D eigenvalue weighted by molar-refractivity contribution is 5.89. The zero-order valence-electron chi connectivity index (χ0n) is 23.0. The number of nitrogens with zero attached hydrogens (tertiary/aromatic N) is 8. The minimum Gasteiger partial charge on any atom is -0.491 e. The maximum absolute atomic E-state index is 10.8. The fraction of sp³-hybridized carbons (Fsp3) is 0.357. The highest BCUT2D eigenvalue weighted by Crippen LogP contribution is 2.33. The Balaban J connectivity index is 1.50. The molecule has 0 amide bonds. The molecule has 0 aliphatic heterocycles. The molecule has 2 aromatic carbocycles. The Labute approximate surface area is 227 Å². The van der Waals surface area contributed by atoms with Crippen LogP contribution in [0.15, 0.2) is 48.5 Å². The van der Waals surface area contributed by atoms with Gasteiger partial charge >= 0.3 is 0 Å². The van der Waals surface area contributed by atoms with E-state index in [2.05, 4.69) is 96.7 Å². The van der Waals surface area contributed by atoms with Crippen molar-refractivity contribution in [2.24, 2.45) is 5.41 Å². The molecule has 0 saturated carbocycles. The molecule has 3 aromatic heterocycles. The first-order valence-corrected chi connectivity index (χ1v) is 13.0. The second kappa shape index (κ2) is 10.8. The minimum atomic E-state index is -0.123. The van der Waals surface area contributed by atoms with Gasteiger partial charge in [0.05, 0.1) is 0 Å². The van der Waals surface area contributed by atoms with Gasteiger partial charge in [0.2, 0.25) is 0 Å². The lowest BCUT2D eigenvalue weighted by atomic mass is 9.92. The number of fused-ring (bicyclic) bond motifs is 1. The predicted molar refractivity (Wildman–Crippen MR) is 151 cm³/mol. The zero-order chi connectivity index (χ0) is 27.6. The topological polar surface area (TPSA) is 134 Å². The van der Waals surface area contributed by atoms with E-state index in [1.54, 1.807) is 0 Å². The maximum Gasteiger partial charge on any atom is 0.257 e. The average Bonchev–Trinajstić information content (AvgIpc) is 3.54. The first kappa shape index (κ1) is 26.2. The van der Waals surface area contributed by atoms with Crippen LogP contribution in [0.2, 0.25) is 0 Å². The number of hydrogen-bond acceptors (Lipinski definition) is 9. The first-order chi connectivity index (χ1) is 18.7. The normalized spacial score (nSPS) is 11.9. The number of aromatic amines is 1. The molecular weight excluding hydrogens is 492 g/mol. The van der Waals surface area contributed by atoms with E-state index in [1.807, 2.05) is 32.3 Å². The van der Waals surface area contributed by atoms with E-state index in [0.29, 0.717) is 35.8 Å². The summed E-state index contributed by atoms with van der Waals surface area (Å²) in [6.07, 6.45) is 0.731. The molecule has 0 bridgehead atoms. The molecule has 0 aliphatic rings. The Bertz CT molecular complexity index is 1550. The summed E-state index contributed by atoms with van der Waals surface area (Å²) in [4.78, 5) is 7.05. The Morgan fingerprint density at radius 2 is 1.72 bits per heavy atom. The fourth-order valence-corrected chi connectivity index (χ4v) is 4.57. The van der Waals surface area contributed by atoms with Crippen molar-refractivity contribution >= 4 is 16.9 Å². The molecule has 3 heterocycles. The summed E-state index contributed by atoms with van der Waals surface area (Å²) < 4.78 is 2.06. The van der Waals surface area contributed by atoms with Crippen molar-refractivity contribution in [3.8, 4) is 28.4 Å². The molecule has 0 saturated heterocycles. The molecule has 0 unspecified atom stereocenters. The van der Waals surface area contributed by atoms with Crippen molar-refractivity contribution in [2.75, 3.05) is 32.5 Å². The molecule has 0 atom stereocenters. The number of rotatable bonds is 9. The third-order valence-electron chi connectivity index (χ3n) is 6.40. The van der Waals surface area contributed by atoms with Crippen molar-refractivity contribution in [3.63, 3.8) is 0 Å². The van der Waals surface area contributed by atoms with E-state index in [1.165, 1.54) is 0 Å². The SMILES string of the molecule is CN(C)CCNc1nnc(O)c2c1nc(CC(C)(C)C)n2Cc1ccc(-c2ccccc2-c2nnn[nH]2)cc1. The Kier molecular flexibility index (Phi) is 7.25. The lowest BCUT2D eigenvalue weighted by Gasteiger charge is -2.19. The van der Waals surface area contributed by atoms with Gasteiger partial charge in [-0.25, -0.2) is 10.1 Å². The molecule has 5 rings (SSSR count). The minimum absolute atomic E-state index is 0.00273. The van der Waals surface area contributed by atoms with Crippen LogP contribution in [-0.2, 0) is 13.0 Å². The third kappa shape index (κ3) is 5.88. The lowest BCUT2D eigenvalue weighted by Crippen LogP contribution is -2.21. The number of aromatic hydroxyl groups is 1. The summed E-state index contributed by atoms with van der Waals surface area (Å²) in [5, 5.41) is 36.8. The maximum atomic E-state index is 10.8. The van der Waals surface area contributed by atoms with Gasteiger partial charge in [-0.1, -0.05) is 69.3 Å². The molecule has 0 radical (unpaired) electrons. The van der Waals surface area contributed by atoms with Crippen molar-refractivity contribution in [2.45, 2.75) is 33.7 Å². The molecular formula is C28H34N10O. The van der Waals surface area contributed by atoms with E-state index in [0.717, 1.165) is 41.0 Å². The van der Waals surface area contributed by atoms with E-state index < -0.39 is 0 Å². The number of H-pyrrole nitrogens is 1. The second-order valence-corrected chi connectivity index (χ2v) is 11.1. The van der Waals surface area contributed by atoms with E-state index in [9.17, 15) is 5.11 Å². The molecule has 0 aliphatic carbocycles. The molecule has 11 heteroatoms. The Morgan fingerprint density at radius 1 is 0.974 bits per heavy atom. The van der Waals surface area contributed by atoms with Crippen LogP contribution in [0.25, 0.3) is 33.5 Å². The van der Waals surface area contributed by atoms with E-state index >= 15 is 0 Å². The number of tetrazole rings is 1. The summed E-state index contributed by atoms with van der Waals surface area (Å²) in [7, 11) is 4.04. The molecule has 0 spiro atoms. The predicted octanol–water partition coefficient (Wildman–Crippen LogP) is 3.99. The molecule has 39 heavy (non-hydrogen) atoms. The van der Waals surface area contributed by atoms with Crippen LogP contribution in [0.4, 0.5) is 5.82 Å². The van der Waals surface area contributed by atoms with Crippen LogP contribution < -0.4 is 5.32 Å². The fourth-order valence-electron chi connectivity index (χ4n) is 4.57. The summed E-state index contributed by atoms with van der Waals surface area (Å²) in [5.74, 6) is 1.96. The average molecular weight is 527 g/mol. The van der Waals surface area contributed by atoms with Gasteiger partial charge in [0.25, 0.3) is 5.88 Å². The Hall–Kier alpha value is -4.38. The highest BCUT2D eigenvalue weighted by Gasteiger charge is 2.23. The van der Waals surface area contributed by atoms with Gasteiger partial charge in [-0.3, -0.25) is 0 Å². The highest BCUT2D eigenvalue weighted by atomic mass is 16.3. The van der Waals surface area contributed by atoms with Crippen LogP contribution in [0, 0.1) is 5.41 Å². The monoisotopic (exact) mass is 526 g/mol. The number of hydrogen-bond donors (Lipinski definition) is 3. The second-order valence-electron chi connectivity index (χ2n) is 11.1. The Morgan fingerprint density at radius 3 is 2.38 bits per heavy atom. The number of benzene rings is 2. The van der Waals surface area contributed by atoms with Gasteiger partial charge in [0.1, 0.15) is 16.9 Å².